The number of para-hydroxylation sites is 1. The van der Waals surface area contributed by atoms with Crippen molar-refractivity contribution in [1.29, 1.82) is 0 Å². The third-order valence-electron chi connectivity index (χ3n) is 6.27. The van der Waals surface area contributed by atoms with E-state index in [1.165, 1.54) is 4.88 Å². The molecule has 5 rings (SSSR count). The molecule has 0 atom stereocenters. The Balaban J connectivity index is 1.38. The molecule has 0 aliphatic heterocycles. The molecule has 37 heavy (non-hydrogen) atoms. The Morgan fingerprint density at radius 2 is 1.81 bits per heavy atom. The van der Waals surface area contributed by atoms with Crippen molar-refractivity contribution < 1.29 is 14.3 Å². The van der Waals surface area contributed by atoms with E-state index in [4.69, 9.17) is 26.1 Å². The predicted octanol–water partition coefficient (Wildman–Crippen LogP) is 7.87. The van der Waals surface area contributed by atoms with Gasteiger partial charge in [0.25, 0.3) is 5.91 Å². The molecule has 1 heterocycles. The van der Waals surface area contributed by atoms with Gasteiger partial charge in [-0.05, 0) is 73.2 Å². The van der Waals surface area contributed by atoms with E-state index >= 15 is 0 Å². The van der Waals surface area contributed by atoms with E-state index in [2.05, 4.69) is 5.32 Å². The highest BCUT2D eigenvalue weighted by atomic mass is 35.5. The van der Waals surface area contributed by atoms with Crippen molar-refractivity contribution in [2.45, 2.75) is 32.3 Å². The molecule has 0 saturated carbocycles. The smallest absolute Gasteiger partial charge is 0.259 e. The van der Waals surface area contributed by atoms with Gasteiger partial charge >= 0.3 is 0 Å². The van der Waals surface area contributed by atoms with Crippen molar-refractivity contribution in [2.24, 2.45) is 4.99 Å². The minimum Gasteiger partial charge on any atom is -0.493 e. The van der Waals surface area contributed by atoms with Gasteiger partial charge in [-0.15, -0.1) is 11.3 Å². The highest BCUT2D eigenvalue weighted by Crippen LogP contribution is 2.40. The Labute approximate surface area is 225 Å². The molecule has 7 heteroatoms. The van der Waals surface area contributed by atoms with Gasteiger partial charge < -0.3 is 14.8 Å². The van der Waals surface area contributed by atoms with E-state index in [1.54, 1.807) is 24.7 Å². The molecule has 1 amide bonds. The van der Waals surface area contributed by atoms with Gasteiger partial charge in [-0.1, -0.05) is 48.0 Å². The third kappa shape index (κ3) is 5.87. The summed E-state index contributed by atoms with van der Waals surface area (Å²) in [6.45, 7) is 0.337. The second-order valence-electron chi connectivity index (χ2n) is 8.76. The van der Waals surface area contributed by atoms with E-state index in [0.29, 0.717) is 28.7 Å². The zero-order chi connectivity index (χ0) is 25.6. The van der Waals surface area contributed by atoms with Crippen LogP contribution in [0.4, 0.5) is 10.7 Å². The summed E-state index contributed by atoms with van der Waals surface area (Å²) >= 11 is 7.86. The topological polar surface area (TPSA) is 59.9 Å². The van der Waals surface area contributed by atoms with Gasteiger partial charge in [0.1, 0.15) is 11.6 Å². The second kappa shape index (κ2) is 11.6. The number of nitrogens with one attached hydrogen (secondary N) is 1. The SMILES string of the molecule is COc1cc(C=Nc2sc3c(c2C(=O)Nc2ccccc2)CCCC3)ccc1OCc1ccccc1Cl. The first-order valence-corrected chi connectivity index (χ1v) is 13.4. The number of rotatable bonds is 8. The van der Waals surface area contributed by atoms with E-state index < -0.39 is 0 Å². The number of aryl methyl sites for hydroxylation is 1. The molecule has 0 bridgehead atoms. The van der Waals surface area contributed by atoms with Crippen molar-refractivity contribution in [1.82, 2.24) is 0 Å². The molecule has 5 nitrogen and oxygen atoms in total. The number of thiophene rings is 1. The summed E-state index contributed by atoms with van der Waals surface area (Å²) in [5.41, 5.74) is 4.35. The summed E-state index contributed by atoms with van der Waals surface area (Å²) in [7, 11) is 1.61. The number of carbonyl (C=O) groups is 1. The van der Waals surface area contributed by atoms with Gasteiger partial charge in [0.05, 0.1) is 12.7 Å². The molecule has 0 fully saturated rings. The normalized spacial score (nSPS) is 12.8. The van der Waals surface area contributed by atoms with Gasteiger partial charge in [0.2, 0.25) is 0 Å². The van der Waals surface area contributed by atoms with Gasteiger partial charge in [0, 0.05) is 27.4 Å². The fourth-order valence-electron chi connectivity index (χ4n) is 4.38. The van der Waals surface area contributed by atoms with E-state index in [1.807, 2.05) is 72.8 Å². The molecule has 3 aromatic carbocycles. The number of hydrogen-bond donors (Lipinski definition) is 1. The number of nitrogens with zero attached hydrogens (tertiary/aromatic N) is 1. The van der Waals surface area contributed by atoms with Crippen molar-refractivity contribution in [3.8, 4) is 11.5 Å². The molecule has 0 radical (unpaired) electrons. The first kappa shape index (κ1) is 25.1. The number of anilines is 1. The van der Waals surface area contributed by atoms with Crippen molar-refractivity contribution >= 4 is 45.7 Å². The van der Waals surface area contributed by atoms with Crippen LogP contribution in [-0.2, 0) is 19.4 Å². The van der Waals surface area contributed by atoms with E-state index in [0.717, 1.165) is 53.1 Å². The molecule has 1 aliphatic carbocycles. The van der Waals surface area contributed by atoms with Crippen LogP contribution in [0.1, 0.15) is 44.8 Å². The van der Waals surface area contributed by atoms with Crippen LogP contribution in [-0.4, -0.2) is 19.2 Å². The summed E-state index contributed by atoms with van der Waals surface area (Å²) in [4.78, 5) is 19.3. The summed E-state index contributed by atoms with van der Waals surface area (Å²) in [6, 6.07) is 22.8. The Morgan fingerprint density at radius 3 is 2.62 bits per heavy atom. The zero-order valence-electron chi connectivity index (χ0n) is 20.5. The first-order valence-electron chi connectivity index (χ1n) is 12.2. The van der Waals surface area contributed by atoms with Crippen LogP contribution < -0.4 is 14.8 Å². The predicted molar refractivity (Wildman–Crippen MR) is 151 cm³/mol. The number of aliphatic imine (C=N–C) groups is 1. The summed E-state index contributed by atoms with van der Waals surface area (Å²) < 4.78 is 11.5. The average Bonchev–Trinajstić information content (AvgIpc) is 3.31. The molecule has 1 N–H and O–H groups in total. The first-order chi connectivity index (χ1) is 18.1. The van der Waals surface area contributed by atoms with Crippen molar-refractivity contribution in [3.05, 3.63) is 105 Å². The molecule has 4 aromatic rings. The van der Waals surface area contributed by atoms with Crippen LogP contribution >= 0.6 is 22.9 Å². The number of ether oxygens (including phenoxy) is 2. The lowest BCUT2D eigenvalue weighted by molar-refractivity contribution is 0.102. The van der Waals surface area contributed by atoms with Crippen LogP contribution in [0, 0.1) is 0 Å². The molecule has 0 spiro atoms. The molecular formula is C30H27ClN2O3S. The highest BCUT2D eigenvalue weighted by Gasteiger charge is 2.25. The maximum Gasteiger partial charge on any atom is 0.259 e. The lowest BCUT2D eigenvalue weighted by Crippen LogP contribution is -2.14. The average molecular weight is 531 g/mol. The van der Waals surface area contributed by atoms with Crippen LogP contribution in [0.25, 0.3) is 0 Å². The maximum absolute atomic E-state index is 13.3. The monoisotopic (exact) mass is 530 g/mol. The Hall–Kier alpha value is -3.61. The second-order valence-corrected chi connectivity index (χ2v) is 10.3. The number of halogens is 1. The molecule has 188 valence electrons. The van der Waals surface area contributed by atoms with Crippen molar-refractivity contribution in [3.63, 3.8) is 0 Å². The minimum absolute atomic E-state index is 0.112. The van der Waals surface area contributed by atoms with Gasteiger partial charge in [-0.3, -0.25) is 4.79 Å². The quantitative estimate of drug-likeness (QED) is 0.236. The Kier molecular flexibility index (Phi) is 7.87. The van der Waals surface area contributed by atoms with E-state index in [-0.39, 0.29) is 5.91 Å². The van der Waals surface area contributed by atoms with Crippen LogP contribution in [0.2, 0.25) is 5.02 Å². The lowest BCUT2D eigenvalue weighted by Gasteiger charge is -2.13. The third-order valence-corrected chi connectivity index (χ3v) is 7.84. The fourth-order valence-corrected chi connectivity index (χ4v) is 5.80. The van der Waals surface area contributed by atoms with Crippen LogP contribution in [0.3, 0.4) is 0 Å². The largest absolute Gasteiger partial charge is 0.493 e. The molecular weight excluding hydrogens is 504 g/mol. The van der Waals surface area contributed by atoms with E-state index in [9.17, 15) is 4.79 Å². The number of carbonyl (C=O) groups excluding carboxylic acids is 1. The van der Waals surface area contributed by atoms with Gasteiger partial charge in [-0.25, -0.2) is 4.99 Å². The lowest BCUT2D eigenvalue weighted by atomic mass is 9.95. The van der Waals surface area contributed by atoms with Gasteiger partial charge in [0.15, 0.2) is 11.5 Å². The highest BCUT2D eigenvalue weighted by molar-refractivity contribution is 7.16. The Bertz CT molecular complexity index is 1430. The minimum atomic E-state index is -0.112. The van der Waals surface area contributed by atoms with Crippen LogP contribution in [0.15, 0.2) is 77.8 Å². The summed E-state index contributed by atoms with van der Waals surface area (Å²) in [6.07, 6.45) is 5.90. The number of hydrogen-bond acceptors (Lipinski definition) is 5. The zero-order valence-corrected chi connectivity index (χ0v) is 22.1. The Morgan fingerprint density at radius 1 is 1.03 bits per heavy atom. The number of benzene rings is 3. The standard InChI is InChI=1S/C30H27ClN2O3S/c1-35-26-17-20(15-16-25(26)36-19-21-9-5-7-13-24(21)31)18-32-30-28(23-12-6-8-14-27(23)37-30)29(34)33-22-10-3-2-4-11-22/h2-5,7,9-11,13,15-18H,6,8,12,14,19H2,1H3,(H,33,34). The number of methoxy groups -OCH3 is 1. The number of fused-ring (bicyclic) bond motifs is 1. The number of amides is 1. The molecule has 0 saturated heterocycles. The van der Waals surface area contributed by atoms with Crippen molar-refractivity contribution in [2.75, 3.05) is 12.4 Å². The van der Waals surface area contributed by atoms with Gasteiger partial charge in [-0.2, -0.15) is 0 Å². The molecule has 1 aromatic heterocycles. The fraction of sp³-hybridized carbons (Fsp3) is 0.200. The van der Waals surface area contributed by atoms with Crippen LogP contribution in [0.5, 0.6) is 11.5 Å². The summed E-state index contributed by atoms with van der Waals surface area (Å²) in [5, 5.41) is 4.44. The maximum atomic E-state index is 13.3. The molecule has 1 aliphatic rings. The molecule has 0 unspecified atom stereocenters. The summed E-state index contributed by atoms with van der Waals surface area (Å²) in [5.74, 6) is 1.11.